The zero-order chi connectivity index (χ0) is 23.3. The lowest BCUT2D eigenvalue weighted by molar-refractivity contribution is -0.140. The number of carboxylic acids is 1. The standard InChI is InChI=1S/C26H35N3O4/c1-20-7-8-23(27-19-20)29(25(32)22-6-5-17-33-22)21-9-14-28(15-10-21)16-13-26(18-24(30)31)11-3-2-4-12-26/h5-8,17,19,21H,2-4,9-16,18H2,1H3,(H,30,31). The number of amides is 1. The summed E-state index contributed by atoms with van der Waals surface area (Å²) in [7, 11) is 0. The molecule has 3 heterocycles. The van der Waals surface area contributed by atoms with E-state index in [4.69, 9.17) is 4.42 Å². The van der Waals surface area contributed by atoms with Gasteiger partial charge in [0.2, 0.25) is 0 Å². The molecule has 1 aliphatic heterocycles. The van der Waals surface area contributed by atoms with Crippen LogP contribution < -0.4 is 4.90 Å². The second-order valence-electron chi connectivity index (χ2n) is 9.80. The third-order valence-electron chi connectivity index (χ3n) is 7.41. The number of carbonyl (C=O) groups excluding carboxylic acids is 1. The van der Waals surface area contributed by atoms with Crippen LogP contribution in [0.1, 0.15) is 73.9 Å². The summed E-state index contributed by atoms with van der Waals surface area (Å²) in [6.07, 6.45) is 11.8. The van der Waals surface area contributed by atoms with Crippen molar-refractivity contribution in [3.05, 3.63) is 48.0 Å². The van der Waals surface area contributed by atoms with Crippen molar-refractivity contribution < 1.29 is 19.1 Å². The van der Waals surface area contributed by atoms with Crippen molar-refractivity contribution in [3.8, 4) is 0 Å². The van der Waals surface area contributed by atoms with Crippen molar-refractivity contribution in [2.24, 2.45) is 5.41 Å². The molecule has 1 saturated heterocycles. The number of likely N-dealkylation sites (tertiary alicyclic amines) is 1. The van der Waals surface area contributed by atoms with E-state index in [1.807, 2.05) is 19.1 Å². The molecule has 1 N–H and O–H groups in total. The fraction of sp³-hybridized carbons (Fsp3) is 0.577. The molecule has 33 heavy (non-hydrogen) atoms. The largest absolute Gasteiger partial charge is 0.481 e. The van der Waals surface area contributed by atoms with Crippen LogP contribution in [0.5, 0.6) is 0 Å². The van der Waals surface area contributed by atoms with Crippen LogP contribution in [0.4, 0.5) is 5.82 Å². The normalized spacial score (nSPS) is 19.3. The number of furan rings is 1. The van der Waals surface area contributed by atoms with Crippen molar-refractivity contribution in [1.82, 2.24) is 9.88 Å². The summed E-state index contributed by atoms with van der Waals surface area (Å²) >= 11 is 0. The first-order valence-electron chi connectivity index (χ1n) is 12.2. The van der Waals surface area contributed by atoms with Crippen molar-refractivity contribution in [2.45, 2.75) is 70.8 Å². The van der Waals surface area contributed by atoms with Crippen LogP contribution in [0, 0.1) is 12.3 Å². The highest BCUT2D eigenvalue weighted by Gasteiger charge is 2.36. The lowest BCUT2D eigenvalue weighted by Gasteiger charge is -2.41. The molecule has 1 saturated carbocycles. The molecule has 1 aliphatic carbocycles. The Bertz CT molecular complexity index is 912. The molecule has 0 aromatic carbocycles. The predicted octanol–water partition coefficient (Wildman–Crippen LogP) is 4.91. The molecule has 2 fully saturated rings. The van der Waals surface area contributed by atoms with Gasteiger partial charge in [-0.25, -0.2) is 4.98 Å². The van der Waals surface area contributed by atoms with Crippen molar-refractivity contribution >= 4 is 17.7 Å². The first-order valence-corrected chi connectivity index (χ1v) is 12.2. The molecule has 0 spiro atoms. The van der Waals surface area contributed by atoms with Crippen LogP contribution in [0.2, 0.25) is 0 Å². The third-order valence-corrected chi connectivity index (χ3v) is 7.41. The Hall–Kier alpha value is -2.67. The fourth-order valence-corrected chi connectivity index (χ4v) is 5.51. The number of piperidine rings is 1. The van der Waals surface area contributed by atoms with Gasteiger partial charge in [0.25, 0.3) is 5.91 Å². The molecule has 0 atom stereocenters. The highest BCUT2D eigenvalue weighted by atomic mass is 16.4. The number of nitrogens with zero attached hydrogens (tertiary/aromatic N) is 3. The Morgan fingerprint density at radius 2 is 1.94 bits per heavy atom. The minimum atomic E-state index is -0.673. The highest BCUT2D eigenvalue weighted by Crippen LogP contribution is 2.42. The van der Waals surface area contributed by atoms with Crippen LogP contribution in [-0.4, -0.2) is 52.5 Å². The first-order chi connectivity index (χ1) is 16.0. The van der Waals surface area contributed by atoms with E-state index < -0.39 is 5.97 Å². The van der Waals surface area contributed by atoms with Gasteiger partial charge in [-0.05, 0) is 74.8 Å². The van der Waals surface area contributed by atoms with Gasteiger partial charge < -0.3 is 14.4 Å². The molecule has 2 aromatic heterocycles. The lowest BCUT2D eigenvalue weighted by Crippen LogP contribution is -2.48. The molecule has 1 amide bonds. The monoisotopic (exact) mass is 453 g/mol. The minimum absolute atomic E-state index is 0.0476. The number of rotatable bonds is 8. The van der Waals surface area contributed by atoms with Crippen LogP contribution in [0.25, 0.3) is 0 Å². The summed E-state index contributed by atoms with van der Waals surface area (Å²) in [5.41, 5.74) is 1.01. The second-order valence-corrected chi connectivity index (χ2v) is 9.80. The fourth-order valence-electron chi connectivity index (χ4n) is 5.51. The van der Waals surface area contributed by atoms with Crippen molar-refractivity contribution in [3.63, 3.8) is 0 Å². The van der Waals surface area contributed by atoms with Crippen molar-refractivity contribution in [1.29, 1.82) is 0 Å². The van der Waals surface area contributed by atoms with E-state index in [2.05, 4.69) is 9.88 Å². The molecule has 4 rings (SSSR count). The maximum Gasteiger partial charge on any atom is 0.303 e. The van der Waals surface area contributed by atoms with E-state index in [0.29, 0.717) is 11.6 Å². The van der Waals surface area contributed by atoms with E-state index in [1.165, 1.54) is 12.7 Å². The zero-order valence-electron chi connectivity index (χ0n) is 19.5. The summed E-state index contributed by atoms with van der Waals surface area (Å²) in [6, 6.07) is 7.36. The Balaban J connectivity index is 1.40. The average molecular weight is 454 g/mol. The Kier molecular flexibility index (Phi) is 7.48. The number of aromatic nitrogens is 1. The highest BCUT2D eigenvalue weighted by molar-refractivity contribution is 6.04. The molecule has 178 valence electrons. The predicted molar refractivity (Wildman–Crippen MR) is 126 cm³/mol. The van der Waals surface area contributed by atoms with Gasteiger partial charge in [0, 0.05) is 25.3 Å². The smallest absolute Gasteiger partial charge is 0.303 e. The van der Waals surface area contributed by atoms with Crippen LogP contribution in [0.3, 0.4) is 0 Å². The molecular weight excluding hydrogens is 418 g/mol. The third kappa shape index (κ3) is 5.82. The number of aliphatic carboxylic acids is 1. The van der Waals surface area contributed by atoms with Crippen LogP contribution in [0.15, 0.2) is 41.1 Å². The topological polar surface area (TPSA) is 86.9 Å². The Labute approximate surface area is 195 Å². The lowest BCUT2D eigenvalue weighted by atomic mass is 9.69. The number of pyridine rings is 1. The molecule has 0 bridgehead atoms. The van der Waals surface area contributed by atoms with Gasteiger partial charge in [-0.15, -0.1) is 0 Å². The van der Waals surface area contributed by atoms with Crippen LogP contribution >= 0.6 is 0 Å². The maximum absolute atomic E-state index is 13.3. The number of anilines is 1. The van der Waals surface area contributed by atoms with E-state index >= 15 is 0 Å². The Morgan fingerprint density at radius 3 is 2.55 bits per heavy atom. The number of aryl methyl sites for hydroxylation is 1. The van der Waals surface area contributed by atoms with E-state index in [9.17, 15) is 14.7 Å². The molecule has 2 aromatic rings. The summed E-state index contributed by atoms with van der Waals surface area (Å²) < 4.78 is 5.40. The van der Waals surface area contributed by atoms with Gasteiger partial charge in [0.1, 0.15) is 5.82 Å². The van der Waals surface area contributed by atoms with Gasteiger partial charge in [0.15, 0.2) is 5.76 Å². The first kappa shape index (κ1) is 23.5. The van der Waals surface area contributed by atoms with Gasteiger partial charge in [0.05, 0.1) is 12.7 Å². The number of hydrogen-bond acceptors (Lipinski definition) is 5. The SMILES string of the molecule is Cc1ccc(N(C(=O)c2ccco2)C2CCN(CCC3(CC(=O)O)CCCCC3)CC2)nc1. The Morgan fingerprint density at radius 1 is 1.18 bits per heavy atom. The van der Waals surface area contributed by atoms with E-state index in [-0.39, 0.29) is 23.8 Å². The molecule has 0 radical (unpaired) electrons. The van der Waals surface area contributed by atoms with Gasteiger partial charge >= 0.3 is 5.97 Å². The van der Waals surface area contributed by atoms with Crippen molar-refractivity contribution in [2.75, 3.05) is 24.5 Å². The second kappa shape index (κ2) is 10.5. The summed E-state index contributed by atoms with van der Waals surface area (Å²) in [5.74, 6) is 0.154. The quantitative estimate of drug-likeness (QED) is 0.611. The maximum atomic E-state index is 13.3. The molecule has 2 aliphatic rings. The summed E-state index contributed by atoms with van der Waals surface area (Å²) in [5, 5.41) is 9.45. The minimum Gasteiger partial charge on any atom is -0.481 e. The zero-order valence-corrected chi connectivity index (χ0v) is 19.5. The van der Waals surface area contributed by atoms with Gasteiger partial charge in [-0.2, -0.15) is 0 Å². The summed E-state index contributed by atoms with van der Waals surface area (Å²) in [4.78, 5) is 33.5. The van der Waals surface area contributed by atoms with Crippen LogP contribution in [-0.2, 0) is 4.79 Å². The molecule has 7 nitrogen and oxygen atoms in total. The molecule has 7 heteroatoms. The van der Waals surface area contributed by atoms with E-state index in [1.54, 1.807) is 23.2 Å². The van der Waals surface area contributed by atoms with E-state index in [0.717, 1.165) is 70.1 Å². The number of carboxylic acid groups (broad SMARTS) is 1. The average Bonchev–Trinajstić information content (AvgIpc) is 3.35. The number of hydrogen-bond donors (Lipinski definition) is 1. The molecule has 0 unspecified atom stereocenters. The molecular formula is C26H35N3O4. The summed E-state index contributed by atoms with van der Waals surface area (Å²) in [6.45, 7) is 4.69. The van der Waals surface area contributed by atoms with Gasteiger partial charge in [-0.3, -0.25) is 14.5 Å². The number of carbonyl (C=O) groups is 2. The van der Waals surface area contributed by atoms with Gasteiger partial charge in [-0.1, -0.05) is 25.3 Å².